The number of likely N-dealkylation sites (N-methyl/N-ethyl adjacent to an activating group) is 1. The van der Waals surface area contributed by atoms with Crippen molar-refractivity contribution in [2.45, 2.75) is 24.9 Å². The van der Waals surface area contributed by atoms with E-state index in [-0.39, 0.29) is 11.5 Å². The number of rotatable bonds is 5. The van der Waals surface area contributed by atoms with E-state index in [2.05, 4.69) is 20.8 Å². The van der Waals surface area contributed by atoms with Gasteiger partial charge in [0.05, 0.1) is 17.2 Å². The van der Waals surface area contributed by atoms with Crippen molar-refractivity contribution in [1.82, 2.24) is 35.3 Å². The summed E-state index contributed by atoms with van der Waals surface area (Å²) in [5.74, 6) is -1.17. The van der Waals surface area contributed by atoms with Crippen LogP contribution < -0.4 is 5.32 Å². The molecule has 4 rings (SSSR count). The maximum atomic E-state index is 13.1. The number of sulfone groups is 1. The van der Waals surface area contributed by atoms with Crippen molar-refractivity contribution in [3.63, 3.8) is 0 Å². The SMILES string of the molecule is CN(C(=O)CN1C(=O)N[C@@](C)(c2cccc(-n3cnnn3)c2)C1=O)[C@H]1CCS(=O)(=O)C1. The van der Waals surface area contributed by atoms with Gasteiger partial charge in [-0.25, -0.2) is 17.9 Å². The molecular formula is C18H21N7O5S. The first kappa shape index (κ1) is 20.9. The van der Waals surface area contributed by atoms with E-state index in [9.17, 15) is 22.8 Å². The van der Waals surface area contributed by atoms with Crippen LogP contribution in [-0.4, -0.2) is 87.4 Å². The molecule has 2 aromatic rings. The number of imide groups is 1. The van der Waals surface area contributed by atoms with Gasteiger partial charge in [-0.3, -0.25) is 14.5 Å². The summed E-state index contributed by atoms with van der Waals surface area (Å²) in [4.78, 5) is 40.5. The number of tetrazole rings is 1. The zero-order valence-electron chi connectivity index (χ0n) is 16.9. The number of aromatic nitrogens is 4. The van der Waals surface area contributed by atoms with Gasteiger partial charge in [0.2, 0.25) is 5.91 Å². The summed E-state index contributed by atoms with van der Waals surface area (Å²) in [5, 5.41) is 13.6. The van der Waals surface area contributed by atoms with Gasteiger partial charge in [-0.05, 0) is 41.5 Å². The molecule has 2 saturated heterocycles. The molecule has 4 amide bonds. The number of benzene rings is 1. The standard InChI is InChI=1S/C18H21N7O5S/c1-18(12-4-3-5-13(8-12)25-11-19-21-22-25)16(27)24(17(28)20-18)9-15(26)23(2)14-6-7-31(29,30)10-14/h3-5,8,11,14H,6-7,9-10H2,1-2H3,(H,20,28)/t14-,18-/m0/s1. The summed E-state index contributed by atoms with van der Waals surface area (Å²) in [7, 11) is -1.68. The Labute approximate surface area is 178 Å². The van der Waals surface area contributed by atoms with Crippen molar-refractivity contribution in [3.8, 4) is 5.69 Å². The highest BCUT2D eigenvalue weighted by Crippen LogP contribution is 2.30. The van der Waals surface area contributed by atoms with Crippen LogP contribution in [0.4, 0.5) is 4.79 Å². The van der Waals surface area contributed by atoms with E-state index >= 15 is 0 Å². The Balaban J connectivity index is 1.52. The fourth-order valence-corrected chi connectivity index (χ4v) is 5.58. The van der Waals surface area contributed by atoms with E-state index in [0.29, 0.717) is 17.7 Å². The highest BCUT2D eigenvalue weighted by Gasteiger charge is 2.50. The second-order valence-corrected chi connectivity index (χ2v) is 10.0. The molecule has 3 heterocycles. The first-order valence-corrected chi connectivity index (χ1v) is 11.4. The van der Waals surface area contributed by atoms with Crippen LogP contribution >= 0.6 is 0 Å². The van der Waals surface area contributed by atoms with Crippen molar-refractivity contribution in [1.29, 1.82) is 0 Å². The molecule has 164 valence electrons. The number of carbonyl (C=O) groups excluding carboxylic acids is 3. The van der Waals surface area contributed by atoms with Gasteiger partial charge in [0.15, 0.2) is 9.84 Å². The molecule has 31 heavy (non-hydrogen) atoms. The molecule has 0 unspecified atom stereocenters. The second-order valence-electron chi connectivity index (χ2n) is 7.81. The number of nitrogens with zero attached hydrogens (tertiary/aromatic N) is 6. The summed E-state index contributed by atoms with van der Waals surface area (Å²) in [5.41, 5.74) is -0.275. The van der Waals surface area contributed by atoms with E-state index in [1.807, 2.05) is 0 Å². The molecule has 2 aliphatic rings. The Hall–Kier alpha value is -3.35. The summed E-state index contributed by atoms with van der Waals surface area (Å²) in [6, 6.07) is 5.66. The average molecular weight is 447 g/mol. The molecule has 13 heteroatoms. The Bertz CT molecular complexity index is 1150. The molecule has 0 spiro atoms. The molecule has 1 N–H and O–H groups in total. The minimum atomic E-state index is -3.17. The van der Waals surface area contributed by atoms with Crippen molar-refractivity contribution >= 4 is 27.7 Å². The van der Waals surface area contributed by atoms with Gasteiger partial charge in [0, 0.05) is 13.1 Å². The van der Waals surface area contributed by atoms with Gasteiger partial charge in [0.25, 0.3) is 5.91 Å². The van der Waals surface area contributed by atoms with Crippen LogP contribution in [0.25, 0.3) is 5.69 Å². The lowest BCUT2D eigenvalue weighted by molar-refractivity contribution is -0.139. The molecule has 0 aliphatic carbocycles. The first-order valence-electron chi connectivity index (χ1n) is 9.55. The maximum absolute atomic E-state index is 13.1. The van der Waals surface area contributed by atoms with Crippen LogP contribution in [0, 0.1) is 0 Å². The molecule has 2 atom stereocenters. The number of urea groups is 1. The first-order chi connectivity index (χ1) is 14.6. The molecule has 0 bridgehead atoms. The third kappa shape index (κ3) is 3.76. The molecule has 2 fully saturated rings. The fourth-order valence-electron chi connectivity index (χ4n) is 3.81. The molecule has 1 aromatic carbocycles. The highest BCUT2D eigenvalue weighted by atomic mass is 32.2. The van der Waals surface area contributed by atoms with Crippen LogP contribution in [-0.2, 0) is 25.0 Å². The monoisotopic (exact) mass is 447 g/mol. The fraction of sp³-hybridized carbons (Fsp3) is 0.444. The summed E-state index contributed by atoms with van der Waals surface area (Å²) < 4.78 is 24.8. The topological polar surface area (TPSA) is 147 Å². The van der Waals surface area contributed by atoms with Crippen molar-refractivity contribution in [2.75, 3.05) is 25.1 Å². The van der Waals surface area contributed by atoms with Gasteiger partial charge in [-0.15, -0.1) is 5.10 Å². The van der Waals surface area contributed by atoms with Crippen LogP contribution in [0.3, 0.4) is 0 Å². The zero-order valence-corrected chi connectivity index (χ0v) is 17.7. The summed E-state index contributed by atoms with van der Waals surface area (Å²) in [6.07, 6.45) is 1.74. The van der Waals surface area contributed by atoms with Gasteiger partial charge in [-0.1, -0.05) is 12.1 Å². The summed E-state index contributed by atoms with van der Waals surface area (Å²) >= 11 is 0. The number of nitrogens with one attached hydrogen (secondary N) is 1. The zero-order chi connectivity index (χ0) is 22.4. The highest BCUT2D eigenvalue weighted by molar-refractivity contribution is 7.91. The molecule has 0 radical (unpaired) electrons. The summed E-state index contributed by atoms with van der Waals surface area (Å²) in [6.45, 7) is 1.09. The molecular weight excluding hydrogens is 426 g/mol. The van der Waals surface area contributed by atoms with E-state index in [4.69, 9.17) is 0 Å². The molecule has 12 nitrogen and oxygen atoms in total. The minimum Gasteiger partial charge on any atom is -0.340 e. The van der Waals surface area contributed by atoms with E-state index < -0.39 is 45.8 Å². The van der Waals surface area contributed by atoms with Crippen LogP contribution in [0.2, 0.25) is 0 Å². The average Bonchev–Trinajstić information content (AvgIpc) is 3.44. The largest absolute Gasteiger partial charge is 0.340 e. The molecule has 1 aromatic heterocycles. The third-order valence-corrected chi connectivity index (χ3v) is 7.51. The van der Waals surface area contributed by atoms with Crippen LogP contribution in [0.15, 0.2) is 30.6 Å². The second kappa shape index (κ2) is 7.41. The smallest absolute Gasteiger partial charge is 0.325 e. The lowest BCUT2D eigenvalue weighted by Crippen LogP contribution is -2.46. The van der Waals surface area contributed by atoms with Crippen LogP contribution in [0.5, 0.6) is 0 Å². The Morgan fingerprint density at radius 3 is 2.77 bits per heavy atom. The molecule has 0 saturated carbocycles. The van der Waals surface area contributed by atoms with Gasteiger partial charge in [0.1, 0.15) is 18.4 Å². The Morgan fingerprint density at radius 2 is 2.13 bits per heavy atom. The number of hydrogen-bond acceptors (Lipinski definition) is 8. The lowest BCUT2D eigenvalue weighted by Gasteiger charge is -2.26. The van der Waals surface area contributed by atoms with E-state index in [0.717, 1.165) is 4.90 Å². The quantitative estimate of drug-likeness (QED) is 0.579. The third-order valence-electron chi connectivity index (χ3n) is 5.75. The maximum Gasteiger partial charge on any atom is 0.325 e. The number of amides is 4. The van der Waals surface area contributed by atoms with E-state index in [1.165, 1.54) is 23.0 Å². The minimum absolute atomic E-state index is 0.0219. The normalized spacial score (nSPS) is 25.0. The van der Waals surface area contributed by atoms with Crippen molar-refractivity contribution < 1.29 is 22.8 Å². The van der Waals surface area contributed by atoms with Crippen molar-refractivity contribution in [2.24, 2.45) is 0 Å². The van der Waals surface area contributed by atoms with Crippen molar-refractivity contribution in [3.05, 3.63) is 36.2 Å². The lowest BCUT2D eigenvalue weighted by atomic mass is 9.91. The predicted molar refractivity (Wildman–Crippen MR) is 107 cm³/mol. The van der Waals surface area contributed by atoms with Gasteiger partial charge < -0.3 is 10.2 Å². The number of carbonyl (C=O) groups is 3. The van der Waals surface area contributed by atoms with Gasteiger partial charge >= 0.3 is 6.03 Å². The van der Waals surface area contributed by atoms with Gasteiger partial charge in [-0.2, -0.15) is 0 Å². The molecule has 2 aliphatic heterocycles. The van der Waals surface area contributed by atoms with E-state index in [1.54, 1.807) is 31.2 Å². The number of hydrogen-bond donors (Lipinski definition) is 1. The Morgan fingerprint density at radius 1 is 1.35 bits per heavy atom. The van der Waals surface area contributed by atoms with Crippen LogP contribution in [0.1, 0.15) is 18.9 Å². The predicted octanol–water partition coefficient (Wildman–Crippen LogP) is -0.925. The Kier molecular flexibility index (Phi) is 5.00.